The number of aliphatic hydroxyl groups is 1. The van der Waals surface area contributed by atoms with Gasteiger partial charge in [0.05, 0.1) is 17.4 Å². The molecule has 1 fully saturated rings. The standard InChI is InChI=1S/C36H45N3O10/c1-24-8-12-30(40)22-33(41)49-34(25(2)9-15-32(24)48-35(42)38-18-16-37(4)17-19-38)26(3)20-27-6-5-7-28(21-27)23-46-36(43)47-31-13-10-29(11-14-31)39(44)45/h5-7,9-11,13-15,20-21,24-25,30,32,34,40H,8,12,16-19,22-23H2,1-4H3/b15-9+,26-20+/t24-,25-,30+,32-,34-/m0/s1. The van der Waals surface area contributed by atoms with Crippen LogP contribution in [-0.4, -0.2) is 89.6 Å². The first-order valence-electron chi connectivity index (χ1n) is 16.4. The number of rotatable bonds is 7. The first-order valence-corrected chi connectivity index (χ1v) is 16.4. The molecule has 0 aromatic heterocycles. The molecule has 0 unspecified atom stereocenters. The van der Waals surface area contributed by atoms with Crippen LogP contribution in [-0.2, 0) is 25.6 Å². The van der Waals surface area contributed by atoms with Crippen molar-refractivity contribution in [3.63, 3.8) is 0 Å². The molecule has 1 N–H and O–H groups in total. The number of carbonyl (C=O) groups excluding carboxylic acids is 3. The Morgan fingerprint density at radius 3 is 2.47 bits per heavy atom. The van der Waals surface area contributed by atoms with E-state index in [1.165, 1.54) is 24.3 Å². The second kappa shape index (κ2) is 17.6. The number of amides is 1. The lowest BCUT2D eigenvalue weighted by atomic mass is 9.91. The molecule has 2 aromatic carbocycles. The summed E-state index contributed by atoms with van der Waals surface area (Å²) < 4.78 is 22.2. The molecule has 0 radical (unpaired) electrons. The van der Waals surface area contributed by atoms with Gasteiger partial charge in [0.15, 0.2) is 0 Å². The van der Waals surface area contributed by atoms with Crippen molar-refractivity contribution in [1.82, 2.24) is 9.80 Å². The summed E-state index contributed by atoms with van der Waals surface area (Å²) in [4.78, 5) is 52.3. The Morgan fingerprint density at radius 2 is 1.78 bits per heavy atom. The maximum Gasteiger partial charge on any atom is 0.514 e. The number of benzene rings is 2. The number of non-ortho nitro benzene ring substituents is 1. The lowest BCUT2D eigenvalue weighted by molar-refractivity contribution is -0.384. The largest absolute Gasteiger partial charge is 0.514 e. The minimum absolute atomic E-state index is 0.0866. The van der Waals surface area contributed by atoms with Crippen LogP contribution in [0.5, 0.6) is 5.75 Å². The Morgan fingerprint density at radius 1 is 1.06 bits per heavy atom. The number of nitro benzene ring substituents is 1. The molecule has 5 atom stereocenters. The highest BCUT2D eigenvalue weighted by molar-refractivity contribution is 5.71. The van der Waals surface area contributed by atoms with Crippen molar-refractivity contribution in [3.05, 3.63) is 87.5 Å². The number of carbonyl (C=O) groups is 3. The van der Waals surface area contributed by atoms with E-state index in [1.54, 1.807) is 17.0 Å². The van der Waals surface area contributed by atoms with Crippen LogP contribution in [0.25, 0.3) is 6.08 Å². The maximum atomic E-state index is 13.1. The molecule has 0 bridgehead atoms. The molecule has 0 saturated carbocycles. The molecule has 1 amide bonds. The van der Waals surface area contributed by atoms with Gasteiger partial charge < -0.3 is 33.9 Å². The Hall–Kier alpha value is -4.75. The minimum Gasteiger partial charge on any atom is -0.457 e. The van der Waals surface area contributed by atoms with E-state index in [0.29, 0.717) is 31.5 Å². The minimum atomic E-state index is -0.962. The second-order valence-corrected chi connectivity index (χ2v) is 12.7. The molecular formula is C36H45N3O10. The fourth-order valence-electron chi connectivity index (χ4n) is 5.65. The Balaban J connectivity index is 1.45. The van der Waals surface area contributed by atoms with Crippen molar-refractivity contribution >= 4 is 30.0 Å². The van der Waals surface area contributed by atoms with Gasteiger partial charge in [0.25, 0.3) is 5.69 Å². The zero-order valence-electron chi connectivity index (χ0n) is 28.4. The van der Waals surface area contributed by atoms with E-state index in [2.05, 4.69) is 4.90 Å². The molecule has 0 spiro atoms. The molecule has 2 aromatic rings. The van der Waals surface area contributed by atoms with Crippen LogP contribution in [0.1, 0.15) is 51.2 Å². The van der Waals surface area contributed by atoms with Crippen LogP contribution in [0.15, 0.2) is 66.3 Å². The zero-order valence-corrected chi connectivity index (χ0v) is 28.4. The van der Waals surface area contributed by atoms with E-state index in [-0.39, 0.29) is 42.4 Å². The van der Waals surface area contributed by atoms with Crippen LogP contribution < -0.4 is 4.74 Å². The fraction of sp³-hybridized carbons (Fsp3) is 0.472. The summed E-state index contributed by atoms with van der Waals surface area (Å²) in [6, 6.07) is 12.3. The summed E-state index contributed by atoms with van der Waals surface area (Å²) >= 11 is 0. The lowest BCUT2D eigenvalue weighted by Crippen LogP contribution is -2.48. The van der Waals surface area contributed by atoms with Crippen LogP contribution in [0.3, 0.4) is 0 Å². The predicted molar refractivity (Wildman–Crippen MR) is 181 cm³/mol. The van der Waals surface area contributed by atoms with Gasteiger partial charge in [-0.3, -0.25) is 14.9 Å². The van der Waals surface area contributed by atoms with Gasteiger partial charge in [-0.05, 0) is 73.7 Å². The number of hydrogen-bond donors (Lipinski definition) is 1. The van der Waals surface area contributed by atoms with Crippen LogP contribution in [0, 0.1) is 22.0 Å². The molecule has 13 nitrogen and oxygen atoms in total. The van der Waals surface area contributed by atoms with Gasteiger partial charge in [0, 0.05) is 44.2 Å². The number of nitro groups is 1. The van der Waals surface area contributed by atoms with Gasteiger partial charge in [-0.25, -0.2) is 9.59 Å². The average molecular weight is 680 g/mol. The van der Waals surface area contributed by atoms with Crippen molar-refractivity contribution in [1.29, 1.82) is 0 Å². The Kier molecular flexibility index (Phi) is 13.3. The van der Waals surface area contributed by atoms with Gasteiger partial charge in [0.2, 0.25) is 0 Å². The van der Waals surface area contributed by atoms with Crippen molar-refractivity contribution in [2.45, 2.75) is 65.0 Å². The van der Waals surface area contributed by atoms with Crippen LogP contribution >= 0.6 is 0 Å². The number of piperazine rings is 1. The van der Waals surface area contributed by atoms with Crippen LogP contribution in [0.2, 0.25) is 0 Å². The molecule has 49 heavy (non-hydrogen) atoms. The number of likely N-dealkylation sites (N-methyl/N-ethyl adjacent to an activating group) is 1. The highest BCUT2D eigenvalue weighted by atomic mass is 16.7. The van der Waals surface area contributed by atoms with Crippen molar-refractivity contribution < 1.29 is 43.4 Å². The molecule has 13 heteroatoms. The van der Waals surface area contributed by atoms with Crippen molar-refractivity contribution in [2.24, 2.45) is 11.8 Å². The fourth-order valence-corrected chi connectivity index (χ4v) is 5.65. The molecule has 2 aliphatic rings. The summed E-state index contributed by atoms with van der Waals surface area (Å²) in [7, 11) is 2.02. The summed E-state index contributed by atoms with van der Waals surface area (Å²) in [5, 5.41) is 21.4. The van der Waals surface area contributed by atoms with E-state index < -0.39 is 35.4 Å². The molecular weight excluding hydrogens is 634 g/mol. The normalized spacial score (nSPS) is 24.8. The number of cyclic esters (lactones) is 1. The number of aliphatic hydroxyl groups excluding tert-OH is 1. The van der Waals surface area contributed by atoms with Crippen LogP contribution in [0.4, 0.5) is 15.3 Å². The van der Waals surface area contributed by atoms with E-state index in [1.807, 2.05) is 58.2 Å². The maximum absolute atomic E-state index is 13.1. The SMILES string of the molecule is C/C(=C\c1cccc(COC(=O)Oc2ccc([N+](=O)[O-])cc2)c1)[C@H]1OC(=O)C[C@H](O)CC[C@H](C)[C@@H](OC(=O)N2CCN(C)CC2)/C=C/[C@@H]1C. The van der Waals surface area contributed by atoms with E-state index >= 15 is 0 Å². The van der Waals surface area contributed by atoms with E-state index in [9.17, 15) is 29.6 Å². The molecule has 2 aliphatic heterocycles. The zero-order chi connectivity index (χ0) is 35.5. The Bertz CT molecular complexity index is 1520. The van der Waals surface area contributed by atoms with Crippen molar-refractivity contribution in [2.75, 3.05) is 33.2 Å². The van der Waals surface area contributed by atoms with Gasteiger partial charge in [0.1, 0.15) is 24.6 Å². The second-order valence-electron chi connectivity index (χ2n) is 12.7. The molecule has 2 heterocycles. The first kappa shape index (κ1) is 37.1. The van der Waals surface area contributed by atoms with E-state index in [4.69, 9.17) is 18.9 Å². The molecule has 0 aliphatic carbocycles. The molecule has 264 valence electrons. The van der Waals surface area contributed by atoms with Gasteiger partial charge in [-0.1, -0.05) is 44.2 Å². The Labute approximate surface area is 286 Å². The smallest absolute Gasteiger partial charge is 0.457 e. The molecule has 4 rings (SSSR count). The third-order valence-electron chi connectivity index (χ3n) is 8.66. The summed E-state index contributed by atoms with van der Waals surface area (Å²) in [6.07, 6.45) is 3.00. The quantitative estimate of drug-likeness (QED) is 0.0949. The molecule has 1 saturated heterocycles. The highest BCUT2D eigenvalue weighted by Gasteiger charge is 2.29. The third kappa shape index (κ3) is 11.4. The van der Waals surface area contributed by atoms with Gasteiger partial charge in [-0.15, -0.1) is 0 Å². The predicted octanol–water partition coefficient (Wildman–Crippen LogP) is 5.75. The van der Waals surface area contributed by atoms with Crippen molar-refractivity contribution in [3.8, 4) is 5.75 Å². The van der Waals surface area contributed by atoms with E-state index in [0.717, 1.165) is 24.2 Å². The van der Waals surface area contributed by atoms with Gasteiger partial charge in [-0.2, -0.15) is 0 Å². The third-order valence-corrected chi connectivity index (χ3v) is 8.66. The number of ether oxygens (including phenoxy) is 4. The number of hydrogen-bond acceptors (Lipinski definition) is 11. The summed E-state index contributed by atoms with van der Waals surface area (Å²) in [5.41, 5.74) is 2.06. The average Bonchev–Trinajstić information content (AvgIpc) is 3.07. The first-order chi connectivity index (χ1) is 23.4. The summed E-state index contributed by atoms with van der Waals surface area (Å²) in [5.74, 6) is -0.782. The van der Waals surface area contributed by atoms with Gasteiger partial charge >= 0.3 is 18.2 Å². The number of esters is 1. The highest BCUT2D eigenvalue weighted by Crippen LogP contribution is 2.26. The summed E-state index contributed by atoms with van der Waals surface area (Å²) in [6.45, 7) is 8.39. The number of nitrogens with zero attached hydrogens (tertiary/aromatic N) is 3. The topological polar surface area (TPSA) is 158 Å². The lowest BCUT2D eigenvalue weighted by Gasteiger charge is -2.33. The monoisotopic (exact) mass is 679 g/mol.